The quantitative estimate of drug-likeness (QED) is 0.681. The maximum atomic E-state index is 12.2. The number of likely N-dealkylation sites (tertiary alicyclic amines) is 1. The fourth-order valence-corrected chi connectivity index (χ4v) is 2.27. The van der Waals surface area contributed by atoms with Crippen LogP contribution in [0.15, 0.2) is 15.7 Å². The molecule has 0 radical (unpaired) electrons. The first-order valence-electron chi connectivity index (χ1n) is 6.22. The molecule has 1 atom stereocenters. The van der Waals surface area contributed by atoms with Gasteiger partial charge in [-0.3, -0.25) is 19.4 Å². The lowest BCUT2D eigenvalue weighted by Crippen LogP contribution is -2.43. The van der Waals surface area contributed by atoms with E-state index in [4.69, 9.17) is 0 Å². The number of rotatable bonds is 2. The van der Waals surface area contributed by atoms with Gasteiger partial charge >= 0.3 is 11.7 Å². The number of methoxy groups -OCH3 is 1. The Morgan fingerprint density at radius 1 is 1.35 bits per heavy atom. The van der Waals surface area contributed by atoms with Crippen molar-refractivity contribution in [1.29, 1.82) is 0 Å². The lowest BCUT2D eigenvalue weighted by molar-refractivity contribution is -0.146. The van der Waals surface area contributed by atoms with E-state index >= 15 is 0 Å². The van der Waals surface area contributed by atoms with Gasteiger partial charge in [0.25, 0.3) is 11.5 Å². The molecule has 0 saturated carbocycles. The number of nitrogens with one attached hydrogen (secondary N) is 2. The van der Waals surface area contributed by atoms with E-state index in [2.05, 4.69) is 9.72 Å². The molecule has 1 saturated heterocycles. The number of aromatic amines is 2. The first kappa shape index (κ1) is 14.0. The molecule has 0 spiro atoms. The first-order chi connectivity index (χ1) is 9.51. The van der Waals surface area contributed by atoms with Gasteiger partial charge in [-0.25, -0.2) is 4.79 Å². The summed E-state index contributed by atoms with van der Waals surface area (Å²) in [5.74, 6) is -1.20. The molecule has 1 aromatic rings. The number of esters is 1. The lowest BCUT2D eigenvalue weighted by Gasteiger charge is -2.31. The molecule has 1 fully saturated rings. The van der Waals surface area contributed by atoms with Gasteiger partial charge in [0, 0.05) is 19.2 Å². The minimum Gasteiger partial charge on any atom is -0.469 e. The molecule has 2 rings (SSSR count). The summed E-state index contributed by atoms with van der Waals surface area (Å²) in [7, 11) is 1.30. The van der Waals surface area contributed by atoms with E-state index in [-0.39, 0.29) is 24.1 Å². The van der Waals surface area contributed by atoms with Crippen LogP contribution in [0.2, 0.25) is 0 Å². The second kappa shape index (κ2) is 5.72. The van der Waals surface area contributed by atoms with E-state index in [1.165, 1.54) is 12.0 Å². The van der Waals surface area contributed by atoms with Crippen LogP contribution in [0.5, 0.6) is 0 Å². The Hall–Kier alpha value is -2.38. The Morgan fingerprint density at radius 3 is 2.75 bits per heavy atom. The summed E-state index contributed by atoms with van der Waals surface area (Å²) < 4.78 is 4.67. The number of carbonyl (C=O) groups excluding carboxylic acids is 2. The van der Waals surface area contributed by atoms with Crippen LogP contribution < -0.4 is 11.2 Å². The van der Waals surface area contributed by atoms with Crippen molar-refractivity contribution in [2.75, 3.05) is 20.2 Å². The topological polar surface area (TPSA) is 112 Å². The summed E-state index contributed by atoms with van der Waals surface area (Å²) in [4.78, 5) is 51.8. The number of ether oxygens (including phenoxy) is 1. The normalized spacial score (nSPS) is 18.6. The lowest BCUT2D eigenvalue weighted by atomic mass is 9.98. The third-order valence-corrected chi connectivity index (χ3v) is 3.23. The first-order valence-corrected chi connectivity index (χ1v) is 6.22. The molecule has 1 amide bonds. The van der Waals surface area contributed by atoms with Crippen LogP contribution in [0.1, 0.15) is 23.3 Å². The second-order valence-corrected chi connectivity index (χ2v) is 4.61. The summed E-state index contributed by atoms with van der Waals surface area (Å²) >= 11 is 0. The van der Waals surface area contributed by atoms with E-state index in [9.17, 15) is 19.2 Å². The van der Waals surface area contributed by atoms with Crippen molar-refractivity contribution in [2.24, 2.45) is 5.92 Å². The third-order valence-electron chi connectivity index (χ3n) is 3.23. The van der Waals surface area contributed by atoms with E-state index in [0.29, 0.717) is 19.4 Å². The number of piperidine rings is 1. The fourth-order valence-electron chi connectivity index (χ4n) is 2.27. The number of hydrogen-bond acceptors (Lipinski definition) is 5. The van der Waals surface area contributed by atoms with Crippen LogP contribution in [0, 0.1) is 5.92 Å². The van der Waals surface area contributed by atoms with Crippen molar-refractivity contribution in [2.45, 2.75) is 12.8 Å². The van der Waals surface area contributed by atoms with Gasteiger partial charge in [0.05, 0.1) is 13.0 Å². The maximum absolute atomic E-state index is 12.2. The van der Waals surface area contributed by atoms with Crippen LogP contribution >= 0.6 is 0 Å². The SMILES string of the molecule is COC(=O)[C@H]1CCCN(C(=O)c2cc(=O)[nH]c(=O)[nH]2)C1. The number of aromatic nitrogens is 2. The predicted molar refractivity (Wildman–Crippen MR) is 68.3 cm³/mol. The van der Waals surface area contributed by atoms with Crippen molar-refractivity contribution < 1.29 is 14.3 Å². The van der Waals surface area contributed by atoms with Gasteiger partial charge in [0.1, 0.15) is 5.69 Å². The number of amides is 1. The Bertz CT molecular complexity index is 604. The third kappa shape index (κ3) is 2.95. The Kier molecular flexibility index (Phi) is 4.02. The van der Waals surface area contributed by atoms with Gasteiger partial charge < -0.3 is 14.6 Å². The molecular formula is C12H15N3O5. The van der Waals surface area contributed by atoms with Gasteiger partial charge in [0.15, 0.2) is 0 Å². The van der Waals surface area contributed by atoms with Gasteiger partial charge in [-0.15, -0.1) is 0 Å². The van der Waals surface area contributed by atoms with Crippen LogP contribution in [0.3, 0.4) is 0 Å². The zero-order valence-electron chi connectivity index (χ0n) is 11.0. The summed E-state index contributed by atoms with van der Waals surface area (Å²) in [6, 6.07) is 1.03. The largest absolute Gasteiger partial charge is 0.469 e. The molecule has 0 aliphatic carbocycles. The van der Waals surface area contributed by atoms with Crippen LogP contribution in [-0.4, -0.2) is 46.9 Å². The summed E-state index contributed by atoms with van der Waals surface area (Å²) in [6.07, 6.45) is 1.32. The highest BCUT2D eigenvalue weighted by atomic mass is 16.5. The van der Waals surface area contributed by atoms with Crippen molar-refractivity contribution in [3.63, 3.8) is 0 Å². The summed E-state index contributed by atoms with van der Waals surface area (Å²) in [5, 5.41) is 0. The molecule has 0 aromatic carbocycles. The predicted octanol–water partition coefficient (Wildman–Crippen LogP) is -0.912. The molecule has 8 nitrogen and oxygen atoms in total. The molecule has 1 aliphatic rings. The fraction of sp³-hybridized carbons (Fsp3) is 0.500. The molecule has 8 heteroatoms. The zero-order chi connectivity index (χ0) is 14.7. The zero-order valence-corrected chi connectivity index (χ0v) is 11.0. The van der Waals surface area contributed by atoms with E-state index in [0.717, 1.165) is 6.07 Å². The summed E-state index contributed by atoms with van der Waals surface area (Å²) in [6.45, 7) is 0.696. The molecule has 0 bridgehead atoms. The van der Waals surface area contributed by atoms with E-state index in [1.807, 2.05) is 4.98 Å². The van der Waals surface area contributed by atoms with Gasteiger partial charge in [-0.05, 0) is 12.8 Å². The molecule has 2 N–H and O–H groups in total. The smallest absolute Gasteiger partial charge is 0.326 e. The minimum absolute atomic E-state index is 0.0794. The Morgan fingerprint density at radius 2 is 2.10 bits per heavy atom. The van der Waals surface area contributed by atoms with Gasteiger partial charge in [0.2, 0.25) is 0 Å². The minimum atomic E-state index is -0.734. The monoisotopic (exact) mass is 281 g/mol. The Balaban J connectivity index is 2.18. The highest BCUT2D eigenvalue weighted by Gasteiger charge is 2.29. The van der Waals surface area contributed by atoms with Gasteiger partial charge in [-0.2, -0.15) is 0 Å². The van der Waals surface area contributed by atoms with Crippen molar-refractivity contribution in [3.8, 4) is 0 Å². The number of hydrogen-bond donors (Lipinski definition) is 2. The molecule has 1 aromatic heterocycles. The standard InChI is InChI=1S/C12H15N3O5/c1-20-11(18)7-3-2-4-15(6-7)10(17)8-5-9(16)14-12(19)13-8/h5,7H,2-4,6H2,1H3,(H2,13,14,16,19)/t7-/m0/s1. The number of carbonyl (C=O) groups is 2. The number of nitrogens with zero attached hydrogens (tertiary/aromatic N) is 1. The highest BCUT2D eigenvalue weighted by Crippen LogP contribution is 2.18. The molecule has 0 unspecified atom stereocenters. The van der Waals surface area contributed by atoms with Crippen LogP contribution in [0.4, 0.5) is 0 Å². The summed E-state index contributed by atoms with van der Waals surface area (Å²) in [5.41, 5.74) is -1.45. The second-order valence-electron chi connectivity index (χ2n) is 4.61. The molecule has 20 heavy (non-hydrogen) atoms. The van der Waals surface area contributed by atoms with Crippen molar-refractivity contribution in [1.82, 2.24) is 14.9 Å². The highest BCUT2D eigenvalue weighted by molar-refractivity contribution is 5.92. The maximum Gasteiger partial charge on any atom is 0.326 e. The van der Waals surface area contributed by atoms with Crippen molar-refractivity contribution >= 4 is 11.9 Å². The van der Waals surface area contributed by atoms with E-state index in [1.54, 1.807) is 0 Å². The average Bonchev–Trinajstić information content (AvgIpc) is 2.44. The molecule has 2 heterocycles. The average molecular weight is 281 g/mol. The molecule has 108 valence electrons. The Labute approximate surface area is 113 Å². The van der Waals surface area contributed by atoms with Gasteiger partial charge in [-0.1, -0.05) is 0 Å². The molecule has 1 aliphatic heterocycles. The van der Waals surface area contributed by atoms with Crippen LogP contribution in [0.25, 0.3) is 0 Å². The van der Waals surface area contributed by atoms with Crippen molar-refractivity contribution in [3.05, 3.63) is 32.6 Å². The van der Waals surface area contributed by atoms with E-state index < -0.39 is 17.2 Å². The van der Waals surface area contributed by atoms with Crippen LogP contribution in [-0.2, 0) is 9.53 Å². The number of H-pyrrole nitrogens is 2. The molecular weight excluding hydrogens is 266 g/mol.